The van der Waals surface area contributed by atoms with Crippen LogP contribution in [0.15, 0.2) is 41.2 Å². The summed E-state index contributed by atoms with van der Waals surface area (Å²) >= 11 is 0. The first-order valence-electron chi connectivity index (χ1n) is 5.00. The maximum Gasteiger partial charge on any atom is 0.128 e. The highest BCUT2D eigenvalue weighted by Crippen LogP contribution is 2.06. The van der Waals surface area contributed by atoms with Crippen LogP contribution in [0.1, 0.15) is 16.7 Å². The minimum atomic E-state index is 0.790. The zero-order chi connectivity index (χ0) is 10.5. The van der Waals surface area contributed by atoms with Crippen molar-refractivity contribution >= 4 is 0 Å². The van der Waals surface area contributed by atoms with Crippen LogP contribution >= 0.6 is 0 Å². The summed E-state index contributed by atoms with van der Waals surface area (Å²) in [7, 11) is 0. The summed E-state index contributed by atoms with van der Waals surface area (Å²) in [6.45, 7) is 3.78. The lowest BCUT2D eigenvalue weighted by molar-refractivity contribution is 0.418. The summed E-state index contributed by atoms with van der Waals surface area (Å²) in [6, 6.07) is 8.37. The lowest BCUT2D eigenvalue weighted by atomic mass is 10.1. The average Bonchev–Trinajstić information content (AvgIpc) is 2.74. The third-order valence-corrected chi connectivity index (χ3v) is 2.39. The van der Waals surface area contributed by atoms with Crippen molar-refractivity contribution in [3.8, 4) is 0 Å². The molecule has 78 valence electrons. The van der Waals surface area contributed by atoms with Gasteiger partial charge in [-0.05, 0) is 18.1 Å². The Hall–Kier alpha value is -1.61. The molecule has 0 bridgehead atoms. The highest BCUT2D eigenvalue weighted by atomic mass is 16.5. The molecule has 15 heavy (non-hydrogen) atoms. The normalized spacial score (nSPS) is 10.5. The van der Waals surface area contributed by atoms with Crippen molar-refractivity contribution < 1.29 is 4.52 Å². The molecular formula is C12H14N2O. The molecule has 0 saturated heterocycles. The Kier molecular flexibility index (Phi) is 3.15. The Bertz CT molecular complexity index is 409. The molecular weight excluding hydrogens is 188 g/mol. The molecule has 0 saturated carbocycles. The second kappa shape index (κ2) is 4.75. The highest BCUT2D eigenvalue weighted by Gasteiger charge is 1.97. The first-order valence-corrected chi connectivity index (χ1v) is 5.00. The maximum atomic E-state index is 4.75. The third-order valence-electron chi connectivity index (χ3n) is 2.39. The zero-order valence-electron chi connectivity index (χ0n) is 8.73. The predicted octanol–water partition coefficient (Wildman–Crippen LogP) is 2.27. The standard InChI is InChI=1S/C12H14N2O/c1-10-4-2-3-5-12(10)8-13-6-11-7-14-15-9-11/h2-5,7,9,13H,6,8H2,1H3. The molecule has 0 aliphatic heterocycles. The van der Waals surface area contributed by atoms with E-state index in [0.29, 0.717) is 0 Å². The molecule has 0 radical (unpaired) electrons. The molecule has 0 aliphatic carbocycles. The van der Waals surface area contributed by atoms with Gasteiger partial charge in [0, 0.05) is 18.7 Å². The Morgan fingerprint density at radius 3 is 2.87 bits per heavy atom. The summed E-state index contributed by atoms with van der Waals surface area (Å²) in [5.41, 5.74) is 3.72. The van der Waals surface area contributed by atoms with E-state index in [4.69, 9.17) is 4.52 Å². The van der Waals surface area contributed by atoms with E-state index in [0.717, 1.165) is 18.7 Å². The average molecular weight is 202 g/mol. The van der Waals surface area contributed by atoms with E-state index in [1.807, 2.05) is 0 Å². The number of hydrogen-bond acceptors (Lipinski definition) is 3. The van der Waals surface area contributed by atoms with Crippen molar-refractivity contribution in [2.45, 2.75) is 20.0 Å². The van der Waals surface area contributed by atoms with Gasteiger partial charge in [-0.2, -0.15) is 0 Å². The Morgan fingerprint density at radius 1 is 1.27 bits per heavy atom. The van der Waals surface area contributed by atoms with Crippen molar-refractivity contribution in [2.24, 2.45) is 0 Å². The highest BCUT2D eigenvalue weighted by molar-refractivity contribution is 5.25. The van der Waals surface area contributed by atoms with Gasteiger partial charge in [-0.25, -0.2) is 0 Å². The lowest BCUT2D eigenvalue weighted by Crippen LogP contribution is -2.12. The minimum Gasteiger partial charge on any atom is -0.364 e. The van der Waals surface area contributed by atoms with E-state index in [1.165, 1.54) is 11.1 Å². The molecule has 2 rings (SSSR count). The van der Waals surface area contributed by atoms with Crippen molar-refractivity contribution in [1.29, 1.82) is 0 Å². The van der Waals surface area contributed by atoms with Gasteiger partial charge in [-0.15, -0.1) is 0 Å². The van der Waals surface area contributed by atoms with Gasteiger partial charge in [-0.3, -0.25) is 0 Å². The molecule has 0 unspecified atom stereocenters. The van der Waals surface area contributed by atoms with Gasteiger partial charge in [0.2, 0.25) is 0 Å². The minimum absolute atomic E-state index is 0.790. The van der Waals surface area contributed by atoms with Crippen molar-refractivity contribution in [3.63, 3.8) is 0 Å². The molecule has 1 aromatic carbocycles. The second-order valence-corrected chi connectivity index (χ2v) is 3.56. The molecule has 3 nitrogen and oxygen atoms in total. The topological polar surface area (TPSA) is 38.1 Å². The zero-order valence-corrected chi connectivity index (χ0v) is 8.73. The second-order valence-electron chi connectivity index (χ2n) is 3.56. The van der Waals surface area contributed by atoms with E-state index in [2.05, 4.69) is 41.7 Å². The number of rotatable bonds is 4. The number of aromatic nitrogens is 1. The molecule has 1 heterocycles. The van der Waals surface area contributed by atoms with Crippen LogP contribution in [-0.4, -0.2) is 5.16 Å². The van der Waals surface area contributed by atoms with Crippen LogP contribution in [-0.2, 0) is 13.1 Å². The van der Waals surface area contributed by atoms with Crippen molar-refractivity contribution in [1.82, 2.24) is 10.5 Å². The van der Waals surface area contributed by atoms with Crippen molar-refractivity contribution in [3.05, 3.63) is 53.4 Å². The van der Waals surface area contributed by atoms with E-state index < -0.39 is 0 Å². The summed E-state index contributed by atoms with van der Waals surface area (Å²) in [4.78, 5) is 0. The quantitative estimate of drug-likeness (QED) is 0.826. The molecule has 3 heteroatoms. The fourth-order valence-corrected chi connectivity index (χ4v) is 1.46. The number of hydrogen-bond donors (Lipinski definition) is 1. The van der Waals surface area contributed by atoms with Gasteiger partial charge < -0.3 is 9.84 Å². The maximum absolute atomic E-state index is 4.75. The van der Waals surface area contributed by atoms with E-state index >= 15 is 0 Å². The van der Waals surface area contributed by atoms with Gasteiger partial charge in [-0.1, -0.05) is 29.4 Å². The van der Waals surface area contributed by atoms with Crippen molar-refractivity contribution in [2.75, 3.05) is 0 Å². The van der Waals surface area contributed by atoms with E-state index in [9.17, 15) is 0 Å². The van der Waals surface area contributed by atoms with Gasteiger partial charge in [0.1, 0.15) is 6.26 Å². The SMILES string of the molecule is Cc1ccccc1CNCc1cnoc1. The van der Waals surface area contributed by atoms with Crippen LogP contribution in [0.5, 0.6) is 0 Å². The van der Waals surface area contributed by atoms with Crippen LogP contribution in [0, 0.1) is 6.92 Å². The molecule has 0 aliphatic rings. The van der Waals surface area contributed by atoms with Gasteiger partial charge in [0.05, 0.1) is 6.20 Å². The van der Waals surface area contributed by atoms with Crippen LogP contribution in [0.3, 0.4) is 0 Å². The Labute approximate surface area is 89.1 Å². The smallest absolute Gasteiger partial charge is 0.128 e. The van der Waals surface area contributed by atoms with E-state index in [1.54, 1.807) is 12.5 Å². The fourth-order valence-electron chi connectivity index (χ4n) is 1.46. The predicted molar refractivity (Wildman–Crippen MR) is 58.2 cm³/mol. The summed E-state index contributed by atoms with van der Waals surface area (Å²) < 4.78 is 4.75. The van der Waals surface area contributed by atoms with Crippen LogP contribution < -0.4 is 5.32 Å². The number of nitrogens with one attached hydrogen (secondary N) is 1. The molecule has 0 amide bonds. The molecule has 0 atom stereocenters. The summed E-state index contributed by atoms with van der Waals surface area (Å²) in [5, 5.41) is 7.00. The largest absolute Gasteiger partial charge is 0.364 e. The Balaban J connectivity index is 1.86. The number of benzene rings is 1. The fraction of sp³-hybridized carbons (Fsp3) is 0.250. The Morgan fingerprint density at radius 2 is 2.13 bits per heavy atom. The van der Waals surface area contributed by atoms with Gasteiger partial charge in [0.25, 0.3) is 0 Å². The monoisotopic (exact) mass is 202 g/mol. The van der Waals surface area contributed by atoms with Crippen LogP contribution in [0.25, 0.3) is 0 Å². The van der Waals surface area contributed by atoms with E-state index in [-0.39, 0.29) is 0 Å². The summed E-state index contributed by atoms with van der Waals surface area (Å²) in [5.74, 6) is 0. The lowest BCUT2D eigenvalue weighted by Gasteiger charge is -2.05. The number of nitrogens with zero attached hydrogens (tertiary/aromatic N) is 1. The van der Waals surface area contributed by atoms with Crippen LogP contribution in [0.2, 0.25) is 0 Å². The van der Waals surface area contributed by atoms with Gasteiger partial charge in [0.15, 0.2) is 0 Å². The summed E-state index contributed by atoms with van der Waals surface area (Å²) in [6.07, 6.45) is 3.38. The first-order chi connectivity index (χ1) is 7.36. The molecule has 0 fully saturated rings. The molecule has 2 aromatic rings. The van der Waals surface area contributed by atoms with Crippen LogP contribution in [0.4, 0.5) is 0 Å². The molecule has 0 spiro atoms. The molecule has 1 aromatic heterocycles. The first kappa shape index (κ1) is 9.93. The third kappa shape index (κ3) is 2.67. The number of aryl methyl sites for hydroxylation is 1. The molecule has 1 N–H and O–H groups in total. The van der Waals surface area contributed by atoms with Gasteiger partial charge >= 0.3 is 0 Å².